The van der Waals surface area contributed by atoms with Crippen LogP contribution in [-0.2, 0) is 11.3 Å². The first-order valence-electron chi connectivity index (χ1n) is 9.84. The van der Waals surface area contributed by atoms with Gasteiger partial charge in [0.1, 0.15) is 29.8 Å². The normalized spacial score (nSPS) is 15.5. The number of halogens is 3. The van der Waals surface area contributed by atoms with Crippen molar-refractivity contribution in [1.82, 2.24) is 14.9 Å². The highest BCUT2D eigenvalue weighted by Gasteiger charge is 2.36. The summed E-state index contributed by atoms with van der Waals surface area (Å²) in [6.07, 6.45) is 4.07. The molecule has 1 aromatic carbocycles. The first kappa shape index (κ1) is 23.0. The fraction of sp³-hybridized carbons (Fsp3) is 0.333. The van der Waals surface area contributed by atoms with Crippen LogP contribution in [0.25, 0.3) is 0 Å². The van der Waals surface area contributed by atoms with E-state index in [2.05, 4.69) is 39.4 Å². The van der Waals surface area contributed by atoms with E-state index in [0.717, 1.165) is 0 Å². The van der Waals surface area contributed by atoms with E-state index < -0.39 is 17.5 Å². The molecule has 0 atom stereocenters. The number of aromatic nitrogens is 2. The number of benzene rings is 1. The Bertz CT molecular complexity index is 1020. The third-order valence-electron chi connectivity index (χ3n) is 4.69. The lowest BCUT2D eigenvalue weighted by molar-refractivity contribution is -0.139. The highest BCUT2D eigenvalue weighted by molar-refractivity contribution is 5.86. The Morgan fingerprint density at radius 3 is 2.59 bits per heavy atom. The van der Waals surface area contributed by atoms with Gasteiger partial charge in [-0.25, -0.2) is 18.2 Å². The minimum atomic E-state index is -0.997. The maximum absolute atomic E-state index is 13.8. The number of amides is 1. The van der Waals surface area contributed by atoms with Gasteiger partial charge in [-0.2, -0.15) is 4.98 Å². The van der Waals surface area contributed by atoms with E-state index in [4.69, 9.17) is 5.73 Å². The Kier molecular flexibility index (Phi) is 6.96. The summed E-state index contributed by atoms with van der Waals surface area (Å²) in [5, 5.41) is 5.60. The number of anilines is 2. The third-order valence-corrected chi connectivity index (χ3v) is 4.69. The van der Waals surface area contributed by atoms with Gasteiger partial charge in [0, 0.05) is 55.9 Å². The lowest BCUT2D eigenvalue weighted by Gasteiger charge is -2.45. The van der Waals surface area contributed by atoms with E-state index in [1.807, 2.05) is 0 Å². The molecule has 4 N–H and O–H groups in total. The Hall–Kier alpha value is -3.63. The number of nitrogens with two attached hydrogens (primary N) is 1. The molecule has 0 aliphatic carbocycles. The van der Waals surface area contributed by atoms with Crippen molar-refractivity contribution in [1.29, 1.82) is 0 Å². The van der Waals surface area contributed by atoms with E-state index in [1.54, 1.807) is 4.90 Å². The van der Waals surface area contributed by atoms with Crippen molar-refractivity contribution in [3.8, 4) is 0 Å². The number of nitrogens with zero attached hydrogens (tertiary/aromatic N) is 4. The van der Waals surface area contributed by atoms with Gasteiger partial charge in [0.05, 0.1) is 5.70 Å². The maximum atomic E-state index is 13.8. The number of rotatable bonds is 8. The minimum Gasteiger partial charge on any atom is -0.403 e. The molecule has 3 rings (SSSR count). The molecule has 2 heterocycles. The fourth-order valence-electron chi connectivity index (χ4n) is 3.17. The number of hydrogen-bond donors (Lipinski definition) is 3. The summed E-state index contributed by atoms with van der Waals surface area (Å²) in [6, 6.07) is 2.72. The van der Waals surface area contributed by atoms with Crippen LogP contribution in [0.3, 0.4) is 0 Å². The molecule has 2 aromatic rings. The monoisotopic (exact) mass is 447 g/mol. The zero-order valence-corrected chi connectivity index (χ0v) is 17.7. The van der Waals surface area contributed by atoms with Crippen molar-refractivity contribution in [2.24, 2.45) is 16.1 Å². The molecule has 1 saturated heterocycles. The van der Waals surface area contributed by atoms with E-state index in [-0.39, 0.29) is 41.7 Å². The predicted molar refractivity (Wildman–Crippen MR) is 115 cm³/mol. The van der Waals surface area contributed by atoms with Crippen LogP contribution in [0.1, 0.15) is 19.4 Å². The molecule has 0 radical (unpaired) electrons. The average molecular weight is 447 g/mol. The number of carbonyl (C=O) groups excluding carboxylic acids is 1. The molecule has 32 heavy (non-hydrogen) atoms. The summed E-state index contributed by atoms with van der Waals surface area (Å²) in [5.74, 6) is -2.63. The lowest BCUT2D eigenvalue weighted by atomic mass is 9.84. The molecule has 0 spiro atoms. The summed E-state index contributed by atoms with van der Waals surface area (Å²) in [5.41, 5.74) is 5.78. The van der Waals surface area contributed by atoms with Crippen LogP contribution >= 0.6 is 0 Å². The number of hydrogen-bond acceptors (Lipinski definition) is 7. The first-order valence-corrected chi connectivity index (χ1v) is 9.84. The molecule has 1 aromatic heterocycles. The van der Waals surface area contributed by atoms with E-state index in [9.17, 15) is 18.0 Å². The molecule has 0 saturated carbocycles. The Morgan fingerprint density at radius 1 is 1.28 bits per heavy atom. The summed E-state index contributed by atoms with van der Waals surface area (Å²) in [7, 11) is 0. The molecule has 1 fully saturated rings. The molecule has 170 valence electrons. The van der Waals surface area contributed by atoms with Crippen LogP contribution in [0.4, 0.5) is 24.9 Å². The van der Waals surface area contributed by atoms with Gasteiger partial charge < -0.3 is 21.3 Å². The highest BCUT2D eigenvalue weighted by Crippen LogP contribution is 2.28. The van der Waals surface area contributed by atoms with E-state index >= 15 is 0 Å². The van der Waals surface area contributed by atoms with Gasteiger partial charge in [-0.3, -0.25) is 9.79 Å². The SMILES string of the molecule is CC1(C)CN(C(=O)CN=C/C(=C\N)Nc2nccc(NCc3c(F)cc(F)cc3F)n2)C1. The molecule has 11 heteroatoms. The third kappa shape index (κ3) is 5.96. The topological polar surface area (TPSA) is 109 Å². The number of nitrogens with one attached hydrogen (secondary N) is 2. The van der Waals surface area contributed by atoms with Gasteiger partial charge in [-0.15, -0.1) is 0 Å². The van der Waals surface area contributed by atoms with Gasteiger partial charge in [0.2, 0.25) is 11.9 Å². The smallest absolute Gasteiger partial charge is 0.244 e. The van der Waals surface area contributed by atoms with Crippen molar-refractivity contribution >= 4 is 23.9 Å². The number of aliphatic imine (C=N–C) groups is 1. The largest absolute Gasteiger partial charge is 0.403 e. The summed E-state index contributed by atoms with van der Waals surface area (Å²) in [4.78, 5) is 26.1. The van der Waals surface area contributed by atoms with Gasteiger partial charge in [0.15, 0.2) is 0 Å². The highest BCUT2D eigenvalue weighted by atomic mass is 19.1. The Morgan fingerprint density at radius 2 is 1.97 bits per heavy atom. The summed E-state index contributed by atoms with van der Waals surface area (Å²) >= 11 is 0. The van der Waals surface area contributed by atoms with Crippen LogP contribution < -0.4 is 16.4 Å². The second-order valence-electron chi connectivity index (χ2n) is 8.10. The van der Waals surface area contributed by atoms with Crippen LogP contribution in [0.5, 0.6) is 0 Å². The molecule has 1 aliphatic rings. The Balaban J connectivity index is 1.55. The van der Waals surface area contributed by atoms with Crippen LogP contribution in [0, 0.1) is 22.9 Å². The molecule has 1 aliphatic heterocycles. The lowest BCUT2D eigenvalue weighted by Crippen LogP contribution is -2.56. The molecular formula is C21H24F3N7O. The zero-order chi connectivity index (χ0) is 23.3. The second-order valence-corrected chi connectivity index (χ2v) is 8.10. The number of allylic oxidation sites excluding steroid dienone is 1. The Labute approximate surface area is 183 Å². The van der Waals surface area contributed by atoms with Crippen molar-refractivity contribution < 1.29 is 18.0 Å². The van der Waals surface area contributed by atoms with E-state index in [1.165, 1.54) is 24.7 Å². The quantitative estimate of drug-likeness (QED) is 0.537. The fourth-order valence-corrected chi connectivity index (χ4v) is 3.17. The van der Waals surface area contributed by atoms with Gasteiger partial charge in [-0.05, 0) is 11.5 Å². The second kappa shape index (κ2) is 9.67. The zero-order valence-electron chi connectivity index (χ0n) is 17.7. The summed E-state index contributed by atoms with van der Waals surface area (Å²) in [6.45, 7) is 5.35. The average Bonchev–Trinajstić information content (AvgIpc) is 2.70. The number of likely N-dealkylation sites (tertiary alicyclic amines) is 1. The molecule has 1 amide bonds. The van der Waals surface area contributed by atoms with Gasteiger partial charge >= 0.3 is 0 Å². The van der Waals surface area contributed by atoms with Gasteiger partial charge in [0.25, 0.3) is 0 Å². The molecular weight excluding hydrogens is 423 g/mol. The van der Waals surface area contributed by atoms with Crippen LogP contribution in [0.15, 0.2) is 41.3 Å². The number of carbonyl (C=O) groups is 1. The summed E-state index contributed by atoms with van der Waals surface area (Å²) < 4.78 is 40.6. The van der Waals surface area contributed by atoms with Crippen LogP contribution in [-0.4, -0.2) is 46.6 Å². The maximum Gasteiger partial charge on any atom is 0.244 e. The standard InChI is InChI=1S/C21H24F3N7O/c1-21(2)11-31(12-21)19(32)10-26-8-14(7-25)29-20-27-4-3-18(30-20)28-9-15-16(23)5-13(22)6-17(15)24/h3-8H,9-12,25H2,1-2H3,(H2,27,28,29,30)/b14-7+,26-8?. The molecule has 0 bridgehead atoms. The van der Waals surface area contributed by atoms with Crippen molar-refractivity contribution in [2.45, 2.75) is 20.4 Å². The minimum absolute atomic E-state index is 0.00759. The van der Waals surface area contributed by atoms with Gasteiger partial charge in [-0.1, -0.05) is 13.8 Å². The van der Waals surface area contributed by atoms with Crippen molar-refractivity contribution in [3.05, 3.63) is 59.3 Å². The van der Waals surface area contributed by atoms with Crippen LogP contribution in [0.2, 0.25) is 0 Å². The van der Waals surface area contributed by atoms with Crippen molar-refractivity contribution in [3.63, 3.8) is 0 Å². The molecule has 0 unspecified atom stereocenters. The predicted octanol–water partition coefficient (Wildman–Crippen LogP) is 2.66. The first-order chi connectivity index (χ1) is 15.2. The molecule has 8 nitrogen and oxygen atoms in total. The van der Waals surface area contributed by atoms with Crippen molar-refractivity contribution in [2.75, 3.05) is 30.3 Å². The van der Waals surface area contributed by atoms with E-state index in [0.29, 0.717) is 30.9 Å².